The van der Waals surface area contributed by atoms with Crippen molar-refractivity contribution in [1.82, 2.24) is 0 Å². The second-order valence-electron chi connectivity index (χ2n) is 9.98. The van der Waals surface area contributed by atoms with Crippen LogP contribution in [-0.4, -0.2) is 13.2 Å². The Hall–Kier alpha value is -0.700. The standard InChI is InChI=1S/C31H55BrO2/c1-3-5-7-9-11-13-15-17-19-21-25-33-30-24-23-29(28-32)27-31(30)34-26-22-20-18-16-14-12-10-8-6-4-2/h23-24,27H,3-22,25-26,28H2,1-2H3. The maximum Gasteiger partial charge on any atom is 0.161 e. The van der Waals surface area contributed by atoms with Crippen molar-refractivity contribution in [3.8, 4) is 11.5 Å². The van der Waals surface area contributed by atoms with Crippen molar-refractivity contribution in [2.75, 3.05) is 13.2 Å². The van der Waals surface area contributed by atoms with Gasteiger partial charge in [-0.15, -0.1) is 0 Å². The van der Waals surface area contributed by atoms with E-state index in [1.165, 1.54) is 121 Å². The number of alkyl halides is 1. The van der Waals surface area contributed by atoms with Crippen molar-refractivity contribution in [3.63, 3.8) is 0 Å². The molecule has 0 bridgehead atoms. The topological polar surface area (TPSA) is 18.5 Å². The van der Waals surface area contributed by atoms with Crippen molar-refractivity contribution in [2.45, 2.75) is 148 Å². The Bertz CT molecular complexity index is 560. The highest BCUT2D eigenvalue weighted by Crippen LogP contribution is 2.30. The number of rotatable bonds is 25. The molecule has 1 aromatic carbocycles. The summed E-state index contributed by atoms with van der Waals surface area (Å²) in [6, 6.07) is 6.36. The summed E-state index contributed by atoms with van der Waals surface area (Å²) in [6.45, 7) is 6.15. The van der Waals surface area contributed by atoms with Crippen molar-refractivity contribution < 1.29 is 9.47 Å². The van der Waals surface area contributed by atoms with E-state index in [9.17, 15) is 0 Å². The second-order valence-corrected chi connectivity index (χ2v) is 10.5. The van der Waals surface area contributed by atoms with E-state index in [0.717, 1.165) is 42.9 Å². The monoisotopic (exact) mass is 538 g/mol. The van der Waals surface area contributed by atoms with Crippen molar-refractivity contribution in [3.05, 3.63) is 23.8 Å². The Labute approximate surface area is 221 Å². The fraction of sp³-hybridized carbons (Fsp3) is 0.806. The van der Waals surface area contributed by atoms with E-state index in [4.69, 9.17) is 9.47 Å². The van der Waals surface area contributed by atoms with Crippen LogP contribution >= 0.6 is 15.9 Å². The number of hydrogen-bond acceptors (Lipinski definition) is 2. The van der Waals surface area contributed by atoms with E-state index in [0.29, 0.717) is 0 Å². The van der Waals surface area contributed by atoms with Crippen LogP contribution in [0.4, 0.5) is 0 Å². The van der Waals surface area contributed by atoms with E-state index >= 15 is 0 Å². The molecule has 0 aliphatic heterocycles. The van der Waals surface area contributed by atoms with Gasteiger partial charge in [-0.05, 0) is 30.5 Å². The minimum absolute atomic E-state index is 0.789. The van der Waals surface area contributed by atoms with Crippen LogP contribution < -0.4 is 9.47 Å². The van der Waals surface area contributed by atoms with Gasteiger partial charge < -0.3 is 9.47 Å². The molecule has 0 radical (unpaired) electrons. The van der Waals surface area contributed by atoms with Gasteiger partial charge in [-0.2, -0.15) is 0 Å². The molecule has 198 valence electrons. The third-order valence-electron chi connectivity index (χ3n) is 6.67. The molecule has 0 N–H and O–H groups in total. The number of halogens is 1. The lowest BCUT2D eigenvalue weighted by Gasteiger charge is -2.14. The molecule has 0 atom stereocenters. The first-order chi connectivity index (χ1) is 16.8. The van der Waals surface area contributed by atoms with Gasteiger partial charge in [-0.1, -0.05) is 151 Å². The summed E-state index contributed by atoms with van der Waals surface area (Å²) >= 11 is 3.57. The number of benzene rings is 1. The van der Waals surface area contributed by atoms with Crippen LogP contribution in [0.15, 0.2) is 18.2 Å². The summed E-state index contributed by atoms with van der Waals surface area (Å²) in [6.07, 6.45) is 27.0. The van der Waals surface area contributed by atoms with Gasteiger partial charge in [0, 0.05) is 5.33 Å². The number of ether oxygens (including phenoxy) is 2. The highest BCUT2D eigenvalue weighted by atomic mass is 79.9. The lowest BCUT2D eigenvalue weighted by atomic mass is 10.1. The summed E-state index contributed by atoms with van der Waals surface area (Å²) in [4.78, 5) is 0. The van der Waals surface area contributed by atoms with Crippen molar-refractivity contribution in [2.24, 2.45) is 0 Å². The minimum Gasteiger partial charge on any atom is -0.490 e. The molecule has 1 aromatic rings. The Morgan fingerprint density at radius 2 is 0.882 bits per heavy atom. The van der Waals surface area contributed by atoms with Gasteiger partial charge in [0.05, 0.1) is 13.2 Å². The SMILES string of the molecule is CCCCCCCCCCCCOc1ccc(CBr)cc1OCCCCCCCCCCCC. The summed E-state index contributed by atoms with van der Waals surface area (Å²) in [5.74, 6) is 1.83. The molecule has 3 heteroatoms. The molecular weight excluding hydrogens is 484 g/mol. The summed E-state index contributed by atoms with van der Waals surface area (Å²) in [5.41, 5.74) is 1.24. The lowest BCUT2D eigenvalue weighted by molar-refractivity contribution is 0.258. The first kappa shape index (κ1) is 31.3. The van der Waals surface area contributed by atoms with Gasteiger partial charge in [-0.25, -0.2) is 0 Å². The fourth-order valence-corrected chi connectivity index (χ4v) is 4.76. The second kappa shape index (κ2) is 24.0. The van der Waals surface area contributed by atoms with Gasteiger partial charge in [-0.3, -0.25) is 0 Å². The molecule has 0 aromatic heterocycles. The van der Waals surface area contributed by atoms with E-state index < -0.39 is 0 Å². The normalized spacial score (nSPS) is 11.1. The molecule has 0 spiro atoms. The predicted octanol–water partition coefficient (Wildman–Crippen LogP) is 11.2. The quantitative estimate of drug-likeness (QED) is 0.0909. The maximum absolute atomic E-state index is 6.16. The summed E-state index contributed by atoms with van der Waals surface area (Å²) in [7, 11) is 0. The molecule has 0 amide bonds. The van der Waals surface area contributed by atoms with Crippen LogP contribution in [0, 0.1) is 0 Å². The third-order valence-corrected chi connectivity index (χ3v) is 7.32. The van der Waals surface area contributed by atoms with Gasteiger partial charge in [0.1, 0.15) is 0 Å². The molecule has 0 heterocycles. The van der Waals surface area contributed by atoms with E-state index in [1.54, 1.807) is 0 Å². The van der Waals surface area contributed by atoms with E-state index in [2.05, 4.69) is 48.0 Å². The van der Waals surface area contributed by atoms with Crippen LogP contribution in [0.25, 0.3) is 0 Å². The number of unbranched alkanes of at least 4 members (excludes halogenated alkanes) is 18. The highest BCUT2D eigenvalue weighted by Gasteiger charge is 2.07. The first-order valence-corrected chi connectivity index (χ1v) is 15.9. The molecule has 0 saturated heterocycles. The highest BCUT2D eigenvalue weighted by molar-refractivity contribution is 9.08. The predicted molar refractivity (Wildman–Crippen MR) is 154 cm³/mol. The molecule has 0 unspecified atom stereocenters. The minimum atomic E-state index is 0.789. The molecule has 1 rings (SSSR count). The van der Waals surface area contributed by atoms with Gasteiger partial charge >= 0.3 is 0 Å². The van der Waals surface area contributed by atoms with Crippen LogP contribution in [0.3, 0.4) is 0 Å². The van der Waals surface area contributed by atoms with E-state index in [-0.39, 0.29) is 0 Å². The average molecular weight is 540 g/mol. The lowest BCUT2D eigenvalue weighted by Crippen LogP contribution is -2.03. The maximum atomic E-state index is 6.16. The van der Waals surface area contributed by atoms with Crippen LogP contribution in [0.1, 0.15) is 148 Å². The van der Waals surface area contributed by atoms with Gasteiger partial charge in [0.2, 0.25) is 0 Å². The summed E-state index contributed by atoms with van der Waals surface area (Å²) < 4.78 is 12.3. The smallest absolute Gasteiger partial charge is 0.161 e. The Balaban J connectivity index is 2.14. The Kier molecular flexibility index (Phi) is 22.1. The first-order valence-electron chi connectivity index (χ1n) is 14.8. The Morgan fingerprint density at radius 3 is 1.29 bits per heavy atom. The molecule has 0 aliphatic carbocycles. The Morgan fingerprint density at radius 1 is 0.500 bits per heavy atom. The van der Waals surface area contributed by atoms with Crippen LogP contribution in [-0.2, 0) is 5.33 Å². The zero-order valence-corrected chi connectivity index (χ0v) is 24.3. The largest absolute Gasteiger partial charge is 0.490 e. The zero-order chi connectivity index (χ0) is 24.5. The molecular formula is C31H55BrO2. The molecule has 34 heavy (non-hydrogen) atoms. The zero-order valence-electron chi connectivity index (χ0n) is 22.7. The summed E-state index contributed by atoms with van der Waals surface area (Å²) in [5, 5.41) is 0.848. The fourth-order valence-electron chi connectivity index (χ4n) is 4.41. The molecule has 0 fully saturated rings. The van der Waals surface area contributed by atoms with E-state index in [1.807, 2.05) is 0 Å². The molecule has 0 saturated carbocycles. The van der Waals surface area contributed by atoms with Crippen LogP contribution in [0.2, 0.25) is 0 Å². The van der Waals surface area contributed by atoms with Gasteiger partial charge in [0.25, 0.3) is 0 Å². The molecule has 2 nitrogen and oxygen atoms in total. The van der Waals surface area contributed by atoms with Crippen molar-refractivity contribution >= 4 is 15.9 Å². The third kappa shape index (κ3) is 17.7. The average Bonchev–Trinajstić information content (AvgIpc) is 2.86. The molecule has 0 aliphatic rings. The number of hydrogen-bond donors (Lipinski definition) is 0. The van der Waals surface area contributed by atoms with Crippen LogP contribution in [0.5, 0.6) is 11.5 Å². The van der Waals surface area contributed by atoms with Gasteiger partial charge in [0.15, 0.2) is 11.5 Å². The van der Waals surface area contributed by atoms with Crippen molar-refractivity contribution in [1.29, 1.82) is 0 Å².